The Balaban J connectivity index is 2.48. The standard InChI is InChI=1S/C14H25BrN4/c1-4-7-13-17-12(15)11-14(18-13)16-8-10-19(6-3)9-5-2/h11H,4-10H2,1-3H3,(H,16,17,18). The average Bonchev–Trinajstić information content (AvgIpc) is 2.37. The minimum atomic E-state index is 0.856. The van der Waals surface area contributed by atoms with Crippen molar-refractivity contribution in [3.05, 3.63) is 16.5 Å². The van der Waals surface area contributed by atoms with Crippen LogP contribution in [0.1, 0.15) is 39.4 Å². The SMILES string of the molecule is CCCc1nc(Br)cc(NCCN(CC)CCC)n1. The van der Waals surface area contributed by atoms with Crippen LogP contribution in [0.3, 0.4) is 0 Å². The Bertz CT molecular complexity index is 370. The quantitative estimate of drug-likeness (QED) is 0.706. The third kappa shape index (κ3) is 6.34. The summed E-state index contributed by atoms with van der Waals surface area (Å²) in [5, 5.41) is 3.38. The van der Waals surface area contributed by atoms with Crippen molar-refractivity contribution >= 4 is 21.7 Å². The third-order valence-electron chi connectivity index (χ3n) is 2.94. The van der Waals surface area contributed by atoms with E-state index in [1.807, 2.05) is 6.07 Å². The third-order valence-corrected chi connectivity index (χ3v) is 3.34. The first-order valence-corrected chi connectivity index (χ1v) is 7.98. The summed E-state index contributed by atoms with van der Waals surface area (Å²) < 4.78 is 0.856. The van der Waals surface area contributed by atoms with Crippen LogP contribution in [0.5, 0.6) is 0 Å². The van der Waals surface area contributed by atoms with Crippen molar-refractivity contribution < 1.29 is 0 Å². The molecule has 0 unspecified atom stereocenters. The Morgan fingerprint density at radius 3 is 2.58 bits per heavy atom. The predicted octanol–water partition coefficient (Wildman–Crippen LogP) is 3.34. The highest BCUT2D eigenvalue weighted by Gasteiger charge is 2.04. The van der Waals surface area contributed by atoms with Crippen LogP contribution in [0.2, 0.25) is 0 Å². The van der Waals surface area contributed by atoms with Crippen molar-refractivity contribution in [3.63, 3.8) is 0 Å². The van der Waals surface area contributed by atoms with E-state index in [2.05, 4.69) is 56.9 Å². The molecule has 0 aliphatic carbocycles. The Morgan fingerprint density at radius 1 is 1.16 bits per heavy atom. The molecule has 0 atom stereocenters. The van der Waals surface area contributed by atoms with Crippen LogP contribution in [-0.4, -0.2) is 41.0 Å². The Kier molecular flexibility index (Phi) is 7.98. The highest BCUT2D eigenvalue weighted by atomic mass is 79.9. The molecule has 0 fully saturated rings. The molecule has 1 aromatic rings. The molecule has 5 heteroatoms. The second kappa shape index (κ2) is 9.26. The predicted molar refractivity (Wildman–Crippen MR) is 84.6 cm³/mol. The van der Waals surface area contributed by atoms with Crippen molar-refractivity contribution in [3.8, 4) is 0 Å². The highest BCUT2D eigenvalue weighted by Crippen LogP contribution is 2.13. The maximum atomic E-state index is 4.52. The zero-order valence-electron chi connectivity index (χ0n) is 12.2. The number of rotatable bonds is 9. The fourth-order valence-corrected chi connectivity index (χ4v) is 2.40. The number of aromatic nitrogens is 2. The topological polar surface area (TPSA) is 41.1 Å². The monoisotopic (exact) mass is 328 g/mol. The molecule has 0 saturated heterocycles. The van der Waals surface area contributed by atoms with Crippen LogP contribution in [0.4, 0.5) is 5.82 Å². The van der Waals surface area contributed by atoms with Crippen LogP contribution in [0.15, 0.2) is 10.7 Å². The summed E-state index contributed by atoms with van der Waals surface area (Å²) in [6.07, 6.45) is 3.19. The Labute approximate surface area is 125 Å². The van der Waals surface area contributed by atoms with Crippen molar-refractivity contribution in [2.24, 2.45) is 0 Å². The van der Waals surface area contributed by atoms with E-state index < -0.39 is 0 Å². The summed E-state index contributed by atoms with van der Waals surface area (Å²) in [7, 11) is 0. The van der Waals surface area contributed by atoms with Crippen LogP contribution in [-0.2, 0) is 6.42 Å². The van der Waals surface area contributed by atoms with Crippen molar-refractivity contribution in [1.82, 2.24) is 14.9 Å². The number of hydrogen-bond acceptors (Lipinski definition) is 4. The molecule has 4 nitrogen and oxygen atoms in total. The van der Waals surface area contributed by atoms with Gasteiger partial charge in [-0.1, -0.05) is 20.8 Å². The maximum absolute atomic E-state index is 4.52. The van der Waals surface area contributed by atoms with Gasteiger partial charge in [0.1, 0.15) is 16.2 Å². The van der Waals surface area contributed by atoms with E-state index in [0.717, 1.165) is 55.3 Å². The summed E-state index contributed by atoms with van der Waals surface area (Å²) in [6.45, 7) is 10.8. The number of aryl methyl sites for hydroxylation is 1. The van der Waals surface area contributed by atoms with Gasteiger partial charge >= 0.3 is 0 Å². The number of nitrogens with zero attached hydrogens (tertiary/aromatic N) is 3. The van der Waals surface area contributed by atoms with Gasteiger partial charge in [0.2, 0.25) is 0 Å². The van der Waals surface area contributed by atoms with Gasteiger partial charge in [0.05, 0.1) is 0 Å². The average molecular weight is 329 g/mol. The molecular weight excluding hydrogens is 304 g/mol. The first-order chi connectivity index (χ1) is 9.19. The molecule has 0 radical (unpaired) electrons. The molecule has 1 heterocycles. The van der Waals surface area contributed by atoms with E-state index in [1.165, 1.54) is 6.42 Å². The molecule has 1 rings (SSSR count). The van der Waals surface area contributed by atoms with Crippen LogP contribution < -0.4 is 5.32 Å². The van der Waals surface area contributed by atoms with Crippen LogP contribution in [0, 0.1) is 0 Å². The van der Waals surface area contributed by atoms with Gasteiger partial charge in [0, 0.05) is 25.6 Å². The minimum absolute atomic E-state index is 0.856. The molecule has 0 amide bonds. The fraction of sp³-hybridized carbons (Fsp3) is 0.714. The first-order valence-electron chi connectivity index (χ1n) is 7.19. The molecule has 1 N–H and O–H groups in total. The van der Waals surface area contributed by atoms with Crippen molar-refractivity contribution in [2.75, 3.05) is 31.5 Å². The normalized spacial score (nSPS) is 11.0. The van der Waals surface area contributed by atoms with E-state index in [4.69, 9.17) is 0 Å². The number of likely N-dealkylation sites (N-methyl/N-ethyl adjacent to an activating group) is 1. The molecule has 0 saturated carbocycles. The zero-order valence-corrected chi connectivity index (χ0v) is 13.8. The van der Waals surface area contributed by atoms with Crippen LogP contribution >= 0.6 is 15.9 Å². The van der Waals surface area contributed by atoms with Crippen molar-refractivity contribution in [1.29, 1.82) is 0 Å². The molecule has 0 aliphatic rings. The van der Waals surface area contributed by atoms with Crippen molar-refractivity contribution in [2.45, 2.75) is 40.0 Å². The summed E-state index contributed by atoms with van der Waals surface area (Å²) in [5.41, 5.74) is 0. The Morgan fingerprint density at radius 2 is 1.95 bits per heavy atom. The maximum Gasteiger partial charge on any atom is 0.132 e. The van der Waals surface area contributed by atoms with E-state index in [0.29, 0.717) is 0 Å². The fourth-order valence-electron chi connectivity index (χ4n) is 1.98. The lowest BCUT2D eigenvalue weighted by molar-refractivity contribution is 0.300. The van der Waals surface area contributed by atoms with Gasteiger partial charge in [-0.3, -0.25) is 0 Å². The number of anilines is 1. The highest BCUT2D eigenvalue weighted by molar-refractivity contribution is 9.10. The van der Waals surface area contributed by atoms with Gasteiger partial charge < -0.3 is 10.2 Å². The largest absolute Gasteiger partial charge is 0.369 e. The van der Waals surface area contributed by atoms with Gasteiger partial charge in [-0.25, -0.2) is 9.97 Å². The van der Waals surface area contributed by atoms with E-state index in [1.54, 1.807) is 0 Å². The summed E-state index contributed by atoms with van der Waals surface area (Å²) in [6, 6.07) is 1.94. The zero-order chi connectivity index (χ0) is 14.1. The molecule has 0 aliphatic heterocycles. The number of halogens is 1. The van der Waals surface area contributed by atoms with Gasteiger partial charge in [0.15, 0.2) is 0 Å². The summed E-state index contributed by atoms with van der Waals surface area (Å²) >= 11 is 3.44. The van der Waals surface area contributed by atoms with E-state index in [-0.39, 0.29) is 0 Å². The molecule has 19 heavy (non-hydrogen) atoms. The summed E-state index contributed by atoms with van der Waals surface area (Å²) in [4.78, 5) is 11.3. The molecular formula is C14H25BrN4. The molecule has 1 aromatic heterocycles. The second-order valence-electron chi connectivity index (χ2n) is 4.60. The van der Waals surface area contributed by atoms with E-state index >= 15 is 0 Å². The lowest BCUT2D eigenvalue weighted by Crippen LogP contribution is -2.29. The smallest absolute Gasteiger partial charge is 0.132 e. The molecule has 0 aromatic carbocycles. The lowest BCUT2D eigenvalue weighted by atomic mass is 10.3. The molecule has 0 spiro atoms. The van der Waals surface area contributed by atoms with Crippen LogP contribution in [0.25, 0.3) is 0 Å². The van der Waals surface area contributed by atoms with Gasteiger partial charge in [0.25, 0.3) is 0 Å². The molecule has 108 valence electrons. The molecule has 0 bridgehead atoms. The number of hydrogen-bond donors (Lipinski definition) is 1. The lowest BCUT2D eigenvalue weighted by Gasteiger charge is -2.19. The van der Waals surface area contributed by atoms with Gasteiger partial charge in [-0.15, -0.1) is 0 Å². The minimum Gasteiger partial charge on any atom is -0.369 e. The summed E-state index contributed by atoms with van der Waals surface area (Å²) in [5.74, 6) is 1.82. The van der Waals surface area contributed by atoms with Gasteiger partial charge in [-0.2, -0.15) is 0 Å². The van der Waals surface area contributed by atoms with E-state index in [9.17, 15) is 0 Å². The number of nitrogens with one attached hydrogen (secondary N) is 1. The second-order valence-corrected chi connectivity index (χ2v) is 5.42. The Hall–Kier alpha value is -0.680. The van der Waals surface area contributed by atoms with Gasteiger partial charge in [-0.05, 0) is 41.9 Å². The first kappa shape index (κ1) is 16.4.